The van der Waals surface area contributed by atoms with Crippen LogP contribution in [0.1, 0.15) is 5.56 Å². The number of hydrogen-bond donors (Lipinski definition) is 0. The van der Waals surface area contributed by atoms with E-state index in [4.69, 9.17) is 4.74 Å². The average Bonchev–Trinajstić information content (AvgIpc) is 2.02. The van der Waals surface area contributed by atoms with Crippen LogP contribution in [0, 0.1) is 0 Å². The minimum absolute atomic E-state index is 0.326. The SMILES string of the molecule is COc1ccccc1CS(=O)(=O)F. The van der Waals surface area contributed by atoms with Gasteiger partial charge in [-0.2, -0.15) is 8.42 Å². The van der Waals surface area contributed by atoms with Crippen LogP contribution in [0.3, 0.4) is 0 Å². The predicted octanol–water partition coefficient (Wildman–Crippen LogP) is 1.49. The molecule has 13 heavy (non-hydrogen) atoms. The first kappa shape index (κ1) is 9.98. The summed E-state index contributed by atoms with van der Waals surface area (Å²) >= 11 is 0. The summed E-state index contributed by atoms with van der Waals surface area (Å²) in [6, 6.07) is 6.41. The second kappa shape index (κ2) is 3.74. The molecule has 72 valence electrons. The number of methoxy groups -OCH3 is 1. The highest BCUT2D eigenvalue weighted by Gasteiger charge is 2.12. The number of rotatable bonds is 3. The highest BCUT2D eigenvalue weighted by Crippen LogP contribution is 2.20. The molecule has 0 amide bonds. The molecule has 1 rings (SSSR count). The summed E-state index contributed by atoms with van der Waals surface area (Å²) in [5.74, 6) is -0.263. The van der Waals surface area contributed by atoms with Gasteiger partial charge in [0, 0.05) is 5.56 Å². The van der Waals surface area contributed by atoms with E-state index < -0.39 is 16.0 Å². The number of halogens is 1. The molecule has 0 aliphatic heterocycles. The van der Waals surface area contributed by atoms with E-state index in [0.29, 0.717) is 11.3 Å². The molecule has 0 unspecified atom stereocenters. The van der Waals surface area contributed by atoms with Gasteiger partial charge in [0.05, 0.1) is 7.11 Å². The molecule has 0 bridgehead atoms. The minimum Gasteiger partial charge on any atom is -0.496 e. The first-order chi connectivity index (χ1) is 6.03. The lowest BCUT2D eigenvalue weighted by Crippen LogP contribution is -1.98. The summed E-state index contributed by atoms with van der Waals surface area (Å²) in [7, 11) is -3.08. The maximum absolute atomic E-state index is 12.3. The molecule has 0 N–H and O–H groups in total. The summed E-state index contributed by atoms with van der Waals surface area (Å²) in [6.45, 7) is 0. The monoisotopic (exact) mass is 204 g/mol. The van der Waals surface area contributed by atoms with Gasteiger partial charge in [-0.1, -0.05) is 18.2 Å². The van der Waals surface area contributed by atoms with Crippen molar-refractivity contribution in [2.75, 3.05) is 7.11 Å². The van der Waals surface area contributed by atoms with E-state index in [-0.39, 0.29) is 0 Å². The molecule has 0 saturated heterocycles. The molecule has 0 radical (unpaired) electrons. The van der Waals surface area contributed by atoms with Gasteiger partial charge in [-0.25, -0.2) is 0 Å². The Bertz CT molecular complexity index is 386. The van der Waals surface area contributed by atoms with Crippen molar-refractivity contribution in [3.63, 3.8) is 0 Å². The lowest BCUT2D eigenvalue weighted by Gasteiger charge is -2.04. The fourth-order valence-electron chi connectivity index (χ4n) is 1.01. The minimum atomic E-state index is -4.49. The van der Waals surface area contributed by atoms with Gasteiger partial charge in [-0.15, -0.1) is 3.89 Å². The molecule has 0 aliphatic rings. The zero-order chi connectivity index (χ0) is 9.90. The largest absolute Gasteiger partial charge is 0.496 e. The van der Waals surface area contributed by atoms with Crippen LogP contribution in [-0.2, 0) is 16.0 Å². The van der Waals surface area contributed by atoms with Crippen molar-refractivity contribution < 1.29 is 17.0 Å². The third-order valence-corrected chi connectivity index (χ3v) is 2.18. The van der Waals surface area contributed by atoms with E-state index in [1.807, 2.05) is 0 Å². The van der Waals surface area contributed by atoms with Crippen molar-refractivity contribution in [3.8, 4) is 5.75 Å². The van der Waals surface area contributed by atoms with Crippen molar-refractivity contribution in [1.82, 2.24) is 0 Å². The number of hydrogen-bond acceptors (Lipinski definition) is 3. The molecule has 0 spiro atoms. The third-order valence-electron chi connectivity index (χ3n) is 1.52. The quantitative estimate of drug-likeness (QED) is 0.701. The first-order valence-corrected chi connectivity index (χ1v) is 5.12. The Hall–Kier alpha value is -1.10. The Balaban J connectivity index is 3.01. The summed E-state index contributed by atoms with van der Waals surface area (Å²) in [4.78, 5) is 0. The van der Waals surface area contributed by atoms with E-state index in [1.165, 1.54) is 13.2 Å². The van der Waals surface area contributed by atoms with Gasteiger partial charge in [0.15, 0.2) is 0 Å². The molecule has 0 saturated carbocycles. The van der Waals surface area contributed by atoms with Gasteiger partial charge in [-0.05, 0) is 6.07 Å². The van der Waals surface area contributed by atoms with E-state index in [1.54, 1.807) is 18.2 Å². The van der Waals surface area contributed by atoms with Gasteiger partial charge in [-0.3, -0.25) is 0 Å². The molecule has 1 aromatic rings. The Morgan fingerprint density at radius 2 is 2.00 bits per heavy atom. The maximum atomic E-state index is 12.3. The first-order valence-electron chi connectivity index (χ1n) is 3.57. The summed E-state index contributed by atoms with van der Waals surface area (Å²) < 4.78 is 37.9. The van der Waals surface area contributed by atoms with Crippen LogP contribution < -0.4 is 4.74 Å². The lowest BCUT2D eigenvalue weighted by atomic mass is 10.2. The Kier molecular flexibility index (Phi) is 2.87. The van der Waals surface area contributed by atoms with Crippen molar-refractivity contribution >= 4 is 10.2 Å². The summed E-state index contributed by atoms with van der Waals surface area (Å²) in [5.41, 5.74) is 0.326. The molecule has 5 heteroatoms. The number of para-hydroxylation sites is 1. The van der Waals surface area contributed by atoms with Crippen LogP contribution in [0.25, 0.3) is 0 Å². The zero-order valence-corrected chi connectivity index (χ0v) is 7.84. The number of ether oxygens (including phenoxy) is 1. The van der Waals surface area contributed by atoms with Gasteiger partial charge in [0.25, 0.3) is 0 Å². The van der Waals surface area contributed by atoms with E-state index in [9.17, 15) is 12.3 Å². The molecule has 0 heterocycles. The van der Waals surface area contributed by atoms with Gasteiger partial charge < -0.3 is 4.74 Å². The fourth-order valence-corrected chi connectivity index (χ4v) is 1.62. The molecule has 3 nitrogen and oxygen atoms in total. The van der Waals surface area contributed by atoms with Gasteiger partial charge in [0.1, 0.15) is 11.5 Å². The summed E-state index contributed by atoms with van der Waals surface area (Å²) in [6.07, 6.45) is 0. The topological polar surface area (TPSA) is 43.4 Å². The molecular weight excluding hydrogens is 195 g/mol. The summed E-state index contributed by atoms with van der Waals surface area (Å²) in [5, 5.41) is 0. The average molecular weight is 204 g/mol. The van der Waals surface area contributed by atoms with Crippen molar-refractivity contribution in [1.29, 1.82) is 0 Å². The third kappa shape index (κ3) is 3.02. The van der Waals surface area contributed by atoms with E-state index in [0.717, 1.165) is 0 Å². The second-order valence-electron chi connectivity index (χ2n) is 2.50. The fraction of sp³-hybridized carbons (Fsp3) is 0.250. The highest BCUT2D eigenvalue weighted by molar-refractivity contribution is 7.85. The Morgan fingerprint density at radius 3 is 2.54 bits per heavy atom. The highest BCUT2D eigenvalue weighted by atomic mass is 32.3. The maximum Gasteiger partial charge on any atom is 0.306 e. The Labute approximate surface area is 76.4 Å². The molecule has 0 aromatic heterocycles. The standard InChI is InChI=1S/C8H9FO3S/c1-12-8-5-3-2-4-7(8)6-13(9,10)11/h2-5H,6H2,1H3. The molecular formula is C8H9FO3S. The van der Waals surface area contributed by atoms with Gasteiger partial charge >= 0.3 is 10.2 Å². The van der Waals surface area contributed by atoms with Crippen LogP contribution in [0.5, 0.6) is 5.75 Å². The molecule has 0 atom stereocenters. The number of benzene rings is 1. The smallest absolute Gasteiger partial charge is 0.306 e. The van der Waals surface area contributed by atoms with Crippen molar-refractivity contribution in [2.45, 2.75) is 5.75 Å². The lowest BCUT2D eigenvalue weighted by molar-refractivity contribution is 0.410. The molecule has 1 aromatic carbocycles. The van der Waals surface area contributed by atoms with Crippen molar-refractivity contribution in [3.05, 3.63) is 29.8 Å². The van der Waals surface area contributed by atoms with Crippen LogP contribution in [0.2, 0.25) is 0 Å². The molecule has 0 fully saturated rings. The van der Waals surface area contributed by atoms with Crippen LogP contribution in [-0.4, -0.2) is 15.5 Å². The van der Waals surface area contributed by atoms with Crippen LogP contribution >= 0.6 is 0 Å². The van der Waals surface area contributed by atoms with E-state index >= 15 is 0 Å². The second-order valence-corrected chi connectivity index (χ2v) is 3.86. The van der Waals surface area contributed by atoms with Crippen LogP contribution in [0.4, 0.5) is 3.89 Å². The van der Waals surface area contributed by atoms with Gasteiger partial charge in [0.2, 0.25) is 0 Å². The van der Waals surface area contributed by atoms with Crippen LogP contribution in [0.15, 0.2) is 24.3 Å². The normalized spacial score (nSPS) is 11.2. The van der Waals surface area contributed by atoms with Crippen molar-refractivity contribution in [2.24, 2.45) is 0 Å². The van der Waals surface area contributed by atoms with E-state index in [2.05, 4.69) is 0 Å². The zero-order valence-electron chi connectivity index (χ0n) is 7.03. The molecule has 0 aliphatic carbocycles. The predicted molar refractivity (Wildman–Crippen MR) is 46.7 cm³/mol. The Morgan fingerprint density at radius 1 is 1.38 bits per heavy atom.